The first-order valence-electron chi connectivity index (χ1n) is 8.79. The Bertz CT molecular complexity index is 1000. The van der Waals surface area contributed by atoms with Crippen LogP contribution in [0.4, 0.5) is 18.0 Å². The molecule has 0 fully saturated rings. The number of hydrogen-bond donors (Lipinski definition) is 2. The van der Waals surface area contributed by atoms with Crippen molar-refractivity contribution in [2.45, 2.75) is 6.18 Å². The zero-order chi connectivity index (χ0) is 21.7. The standard InChI is InChI=1S/C20H18F3N3O4/c1-29-15-6-2-13(3-7-15)17-12-18(20(21,22)23)25-26(17)14-4-8-16(9-5-14)30-11-10-24-19(27)28/h2-9,12,24H,10-11H2,1H3,(H,27,28). The number of nitrogens with one attached hydrogen (secondary N) is 1. The number of ether oxygens (including phenoxy) is 2. The van der Waals surface area contributed by atoms with Crippen molar-refractivity contribution in [1.82, 2.24) is 15.1 Å². The average molecular weight is 421 g/mol. The normalized spacial score (nSPS) is 11.2. The number of nitrogens with zero attached hydrogens (tertiary/aromatic N) is 2. The first kappa shape index (κ1) is 21.0. The molecule has 3 aromatic rings. The third-order valence-corrected chi connectivity index (χ3v) is 4.11. The van der Waals surface area contributed by atoms with Crippen LogP contribution in [0.1, 0.15) is 5.69 Å². The number of carbonyl (C=O) groups is 1. The minimum atomic E-state index is -4.59. The molecule has 0 aliphatic rings. The summed E-state index contributed by atoms with van der Waals surface area (Å²) in [4.78, 5) is 10.4. The van der Waals surface area contributed by atoms with Gasteiger partial charge in [-0.15, -0.1) is 0 Å². The highest BCUT2D eigenvalue weighted by molar-refractivity contribution is 5.64. The van der Waals surface area contributed by atoms with Gasteiger partial charge in [0.25, 0.3) is 0 Å². The van der Waals surface area contributed by atoms with Crippen LogP contribution in [0.15, 0.2) is 54.6 Å². The molecule has 30 heavy (non-hydrogen) atoms. The lowest BCUT2D eigenvalue weighted by atomic mass is 10.1. The van der Waals surface area contributed by atoms with Crippen LogP contribution in [0.5, 0.6) is 11.5 Å². The lowest BCUT2D eigenvalue weighted by Gasteiger charge is -2.10. The minimum absolute atomic E-state index is 0.104. The predicted molar refractivity (Wildman–Crippen MR) is 102 cm³/mol. The van der Waals surface area contributed by atoms with Gasteiger partial charge in [-0.2, -0.15) is 18.3 Å². The smallest absolute Gasteiger partial charge is 0.435 e. The average Bonchev–Trinajstić information content (AvgIpc) is 3.17. The van der Waals surface area contributed by atoms with E-state index in [-0.39, 0.29) is 18.8 Å². The van der Waals surface area contributed by atoms with E-state index in [4.69, 9.17) is 14.6 Å². The third kappa shape index (κ3) is 5.02. The van der Waals surface area contributed by atoms with Crippen LogP contribution in [0.3, 0.4) is 0 Å². The summed E-state index contributed by atoms with van der Waals surface area (Å²) < 4.78 is 51.5. The SMILES string of the molecule is COc1ccc(-c2cc(C(F)(F)F)nn2-c2ccc(OCCNC(=O)O)cc2)cc1. The van der Waals surface area contributed by atoms with Crippen LogP contribution in [0.2, 0.25) is 0 Å². The van der Waals surface area contributed by atoms with Crippen LogP contribution in [0.25, 0.3) is 16.9 Å². The summed E-state index contributed by atoms with van der Waals surface area (Å²) in [5.74, 6) is 1.03. The molecule has 0 saturated heterocycles. The number of hydrogen-bond acceptors (Lipinski definition) is 4. The van der Waals surface area contributed by atoms with Gasteiger partial charge in [0.05, 0.1) is 25.0 Å². The van der Waals surface area contributed by atoms with E-state index in [2.05, 4.69) is 10.4 Å². The van der Waals surface area contributed by atoms with Crippen LogP contribution >= 0.6 is 0 Å². The van der Waals surface area contributed by atoms with Gasteiger partial charge in [-0.25, -0.2) is 9.48 Å². The van der Waals surface area contributed by atoms with Crippen molar-refractivity contribution < 1.29 is 32.5 Å². The van der Waals surface area contributed by atoms with E-state index in [1.54, 1.807) is 48.5 Å². The summed E-state index contributed by atoms with van der Waals surface area (Å²) in [6, 6.07) is 13.9. The van der Waals surface area contributed by atoms with Gasteiger partial charge in [0, 0.05) is 5.56 Å². The van der Waals surface area contributed by atoms with Gasteiger partial charge in [0.2, 0.25) is 0 Å². The predicted octanol–water partition coefficient (Wildman–Crippen LogP) is 4.21. The molecule has 158 valence electrons. The summed E-state index contributed by atoms with van der Waals surface area (Å²) in [6.45, 7) is 0.218. The lowest BCUT2D eigenvalue weighted by molar-refractivity contribution is -0.141. The Kier molecular flexibility index (Phi) is 6.14. The Morgan fingerprint density at radius 2 is 1.73 bits per heavy atom. The summed E-state index contributed by atoms with van der Waals surface area (Å²) in [5.41, 5.74) is 0.212. The highest BCUT2D eigenvalue weighted by Crippen LogP contribution is 2.34. The molecule has 0 aliphatic heterocycles. The Labute approximate surface area is 169 Å². The zero-order valence-electron chi connectivity index (χ0n) is 15.8. The van der Waals surface area contributed by atoms with E-state index in [9.17, 15) is 18.0 Å². The molecule has 1 amide bonds. The highest BCUT2D eigenvalue weighted by atomic mass is 19.4. The molecule has 3 rings (SSSR count). The van der Waals surface area contributed by atoms with E-state index in [0.29, 0.717) is 22.7 Å². The molecule has 1 heterocycles. The molecule has 0 unspecified atom stereocenters. The summed E-state index contributed by atoms with van der Waals surface area (Å²) in [5, 5.41) is 14.4. The van der Waals surface area contributed by atoms with Gasteiger partial charge in [0.1, 0.15) is 18.1 Å². The quantitative estimate of drug-likeness (QED) is 0.558. The van der Waals surface area contributed by atoms with Crippen molar-refractivity contribution >= 4 is 6.09 Å². The summed E-state index contributed by atoms with van der Waals surface area (Å²) in [7, 11) is 1.50. The lowest BCUT2D eigenvalue weighted by Crippen LogP contribution is -2.26. The van der Waals surface area contributed by atoms with E-state index in [0.717, 1.165) is 6.07 Å². The number of methoxy groups -OCH3 is 1. The fourth-order valence-electron chi connectivity index (χ4n) is 2.69. The highest BCUT2D eigenvalue weighted by Gasteiger charge is 2.35. The number of halogens is 3. The first-order chi connectivity index (χ1) is 14.3. The van der Waals surface area contributed by atoms with Crippen molar-refractivity contribution in [3.8, 4) is 28.4 Å². The van der Waals surface area contributed by atoms with Gasteiger partial charge >= 0.3 is 12.3 Å². The topological polar surface area (TPSA) is 85.6 Å². The molecule has 0 saturated carbocycles. The molecule has 0 radical (unpaired) electrons. The minimum Gasteiger partial charge on any atom is -0.497 e. The van der Waals surface area contributed by atoms with E-state index in [1.807, 2.05) is 0 Å². The van der Waals surface area contributed by atoms with Gasteiger partial charge < -0.3 is 19.9 Å². The first-order valence-corrected chi connectivity index (χ1v) is 8.79. The number of aromatic nitrogens is 2. The molecule has 0 bridgehead atoms. The second kappa shape index (κ2) is 8.76. The maximum absolute atomic E-state index is 13.3. The van der Waals surface area contributed by atoms with Crippen molar-refractivity contribution in [1.29, 1.82) is 0 Å². The number of amides is 1. The number of benzene rings is 2. The van der Waals surface area contributed by atoms with Crippen LogP contribution < -0.4 is 14.8 Å². The molecule has 0 spiro atoms. The Hall–Kier alpha value is -3.69. The number of rotatable bonds is 7. The van der Waals surface area contributed by atoms with E-state index in [1.165, 1.54) is 11.8 Å². The largest absolute Gasteiger partial charge is 0.497 e. The monoisotopic (exact) mass is 421 g/mol. The Morgan fingerprint density at radius 1 is 1.10 bits per heavy atom. The summed E-state index contributed by atoms with van der Waals surface area (Å²) >= 11 is 0. The van der Waals surface area contributed by atoms with Crippen molar-refractivity contribution in [2.24, 2.45) is 0 Å². The molecule has 7 nitrogen and oxygen atoms in total. The molecule has 0 atom stereocenters. The molecule has 2 aromatic carbocycles. The van der Waals surface area contributed by atoms with Gasteiger partial charge in [-0.05, 0) is 54.6 Å². The fourth-order valence-corrected chi connectivity index (χ4v) is 2.69. The molecular formula is C20H18F3N3O4. The van der Waals surface area contributed by atoms with Crippen molar-refractivity contribution in [2.75, 3.05) is 20.3 Å². The van der Waals surface area contributed by atoms with Crippen LogP contribution in [-0.4, -0.2) is 41.2 Å². The molecule has 1 aromatic heterocycles. The second-order valence-electron chi connectivity index (χ2n) is 6.13. The molecule has 0 aliphatic carbocycles. The van der Waals surface area contributed by atoms with Crippen molar-refractivity contribution in [3.05, 3.63) is 60.3 Å². The van der Waals surface area contributed by atoms with E-state index < -0.39 is 18.0 Å². The van der Waals surface area contributed by atoms with Crippen LogP contribution in [-0.2, 0) is 6.18 Å². The molecule has 2 N–H and O–H groups in total. The van der Waals surface area contributed by atoms with Crippen molar-refractivity contribution in [3.63, 3.8) is 0 Å². The summed E-state index contributed by atoms with van der Waals surface area (Å²) in [6.07, 6.45) is -5.74. The number of alkyl halides is 3. The van der Waals surface area contributed by atoms with Gasteiger partial charge in [-0.1, -0.05) is 0 Å². The Morgan fingerprint density at radius 3 is 2.30 bits per heavy atom. The molecule has 10 heteroatoms. The zero-order valence-corrected chi connectivity index (χ0v) is 15.8. The maximum atomic E-state index is 13.3. The van der Waals surface area contributed by atoms with Crippen LogP contribution in [0, 0.1) is 0 Å². The Balaban J connectivity index is 1.88. The number of carboxylic acid groups (broad SMARTS) is 1. The van der Waals surface area contributed by atoms with Gasteiger partial charge in [-0.3, -0.25) is 0 Å². The van der Waals surface area contributed by atoms with Gasteiger partial charge in [0.15, 0.2) is 5.69 Å². The third-order valence-electron chi connectivity index (χ3n) is 4.11. The van der Waals surface area contributed by atoms with E-state index >= 15 is 0 Å². The second-order valence-corrected chi connectivity index (χ2v) is 6.13. The molecular weight excluding hydrogens is 403 g/mol. The fraction of sp³-hybridized carbons (Fsp3) is 0.200. The maximum Gasteiger partial charge on any atom is 0.435 e.